The van der Waals surface area contributed by atoms with Gasteiger partial charge in [-0.2, -0.15) is 0 Å². The molecule has 5 nitrogen and oxygen atoms in total. The zero-order chi connectivity index (χ0) is 13.1. The Kier molecular flexibility index (Phi) is 3.69. The van der Waals surface area contributed by atoms with Crippen LogP contribution in [-0.4, -0.2) is 17.1 Å². The normalized spacial score (nSPS) is 16.8. The summed E-state index contributed by atoms with van der Waals surface area (Å²) < 4.78 is 0. The van der Waals surface area contributed by atoms with E-state index in [0.717, 1.165) is 6.08 Å². The van der Waals surface area contributed by atoms with Crippen molar-refractivity contribution in [2.24, 2.45) is 0 Å². The summed E-state index contributed by atoms with van der Waals surface area (Å²) in [6.45, 7) is 0. The number of imide groups is 1. The first kappa shape index (κ1) is 12.7. The number of carbonyl (C=O) groups is 3. The highest BCUT2D eigenvalue weighted by molar-refractivity contribution is 8.18. The topological polar surface area (TPSA) is 75.3 Å². The fraction of sp³-hybridized carbons (Fsp3) is 0. The second-order valence-corrected chi connectivity index (χ2v) is 4.80. The van der Waals surface area contributed by atoms with Crippen LogP contribution >= 0.6 is 23.4 Å². The lowest BCUT2D eigenvalue weighted by Crippen LogP contribution is -2.18. The Balaban J connectivity index is 2.05. The highest BCUT2D eigenvalue weighted by Gasteiger charge is 2.25. The van der Waals surface area contributed by atoms with Crippen molar-refractivity contribution >= 4 is 46.1 Å². The molecule has 2 rings (SSSR count). The minimum absolute atomic E-state index is 0.0754. The number of hydrogen-bond donors (Lipinski definition) is 2. The van der Waals surface area contributed by atoms with Crippen molar-refractivity contribution in [2.75, 3.05) is 5.32 Å². The Hall–Kier alpha value is -1.79. The number of amides is 3. The van der Waals surface area contributed by atoms with E-state index in [1.54, 1.807) is 24.3 Å². The van der Waals surface area contributed by atoms with E-state index in [0.29, 0.717) is 22.5 Å². The summed E-state index contributed by atoms with van der Waals surface area (Å²) in [5.74, 6) is -1.04. The van der Waals surface area contributed by atoms with E-state index in [1.165, 1.54) is 0 Å². The van der Waals surface area contributed by atoms with Crippen molar-refractivity contribution in [3.8, 4) is 0 Å². The maximum Gasteiger partial charge on any atom is 0.290 e. The first-order chi connectivity index (χ1) is 8.54. The molecule has 1 fully saturated rings. The number of anilines is 1. The van der Waals surface area contributed by atoms with E-state index in [2.05, 4.69) is 10.6 Å². The fourth-order valence-electron chi connectivity index (χ4n) is 1.25. The zero-order valence-electron chi connectivity index (χ0n) is 8.90. The van der Waals surface area contributed by atoms with Crippen molar-refractivity contribution in [2.45, 2.75) is 0 Å². The third kappa shape index (κ3) is 3.12. The van der Waals surface area contributed by atoms with Crippen LogP contribution in [0.1, 0.15) is 0 Å². The molecule has 2 N–H and O–H groups in total. The number of hydrogen-bond acceptors (Lipinski definition) is 4. The number of benzene rings is 1. The van der Waals surface area contributed by atoms with Gasteiger partial charge in [-0.3, -0.25) is 19.7 Å². The summed E-state index contributed by atoms with van der Waals surface area (Å²) in [6, 6.07) is 6.52. The Morgan fingerprint density at radius 3 is 2.50 bits per heavy atom. The summed E-state index contributed by atoms with van der Waals surface area (Å²) in [7, 11) is 0. The molecule has 1 aromatic carbocycles. The van der Waals surface area contributed by atoms with Crippen molar-refractivity contribution in [1.29, 1.82) is 0 Å². The zero-order valence-corrected chi connectivity index (χ0v) is 10.5. The molecule has 1 heterocycles. The second-order valence-electron chi connectivity index (χ2n) is 3.35. The van der Waals surface area contributed by atoms with Crippen LogP contribution < -0.4 is 10.6 Å². The van der Waals surface area contributed by atoms with Crippen LogP contribution in [0.3, 0.4) is 0 Å². The Labute approximate surface area is 112 Å². The first-order valence-corrected chi connectivity index (χ1v) is 6.05. The van der Waals surface area contributed by atoms with Crippen LogP contribution in [0.4, 0.5) is 10.5 Å². The van der Waals surface area contributed by atoms with Crippen LogP contribution in [0.25, 0.3) is 0 Å². The van der Waals surface area contributed by atoms with E-state index in [1.807, 2.05) is 0 Å². The molecule has 0 atom stereocenters. The summed E-state index contributed by atoms with van der Waals surface area (Å²) in [5.41, 5.74) is 0.552. The maximum absolute atomic E-state index is 11.6. The van der Waals surface area contributed by atoms with Gasteiger partial charge in [0.1, 0.15) is 0 Å². The van der Waals surface area contributed by atoms with Crippen LogP contribution in [0.15, 0.2) is 35.2 Å². The number of thioether (sulfide) groups is 1. The maximum atomic E-state index is 11.6. The third-order valence-electron chi connectivity index (χ3n) is 2.02. The van der Waals surface area contributed by atoms with Crippen LogP contribution in [-0.2, 0) is 9.59 Å². The average molecular weight is 283 g/mol. The van der Waals surface area contributed by atoms with Gasteiger partial charge in [-0.15, -0.1) is 0 Å². The summed E-state index contributed by atoms with van der Waals surface area (Å²) >= 11 is 6.40. The molecule has 3 amide bonds. The monoisotopic (exact) mass is 282 g/mol. The smallest absolute Gasteiger partial charge is 0.290 e. The van der Waals surface area contributed by atoms with Gasteiger partial charge in [0.15, 0.2) is 0 Å². The predicted molar refractivity (Wildman–Crippen MR) is 69.3 cm³/mol. The molecule has 92 valence electrons. The van der Waals surface area contributed by atoms with Crippen LogP contribution in [0.5, 0.6) is 0 Å². The largest absolute Gasteiger partial charge is 0.322 e. The van der Waals surface area contributed by atoms with E-state index in [4.69, 9.17) is 11.6 Å². The molecule has 0 spiro atoms. The van der Waals surface area contributed by atoms with Crippen LogP contribution in [0, 0.1) is 0 Å². The van der Waals surface area contributed by atoms with Crippen molar-refractivity contribution in [1.82, 2.24) is 5.32 Å². The van der Waals surface area contributed by atoms with E-state index < -0.39 is 17.1 Å². The van der Waals surface area contributed by atoms with Gasteiger partial charge < -0.3 is 5.32 Å². The van der Waals surface area contributed by atoms with Crippen LogP contribution in [0.2, 0.25) is 5.02 Å². The molecular weight excluding hydrogens is 276 g/mol. The van der Waals surface area contributed by atoms with Gasteiger partial charge in [-0.1, -0.05) is 11.6 Å². The summed E-state index contributed by atoms with van der Waals surface area (Å²) in [5, 5.41) is 4.69. The minimum atomic E-state index is -0.559. The van der Waals surface area contributed by atoms with E-state index in [-0.39, 0.29) is 4.91 Å². The molecule has 1 aromatic rings. The predicted octanol–water partition coefficient (Wildman–Crippen LogP) is 2.15. The van der Waals surface area contributed by atoms with Gasteiger partial charge in [0.05, 0.1) is 4.91 Å². The number of carbonyl (C=O) groups excluding carboxylic acids is 3. The Morgan fingerprint density at radius 2 is 1.94 bits per heavy atom. The SMILES string of the molecule is O=C(C=C1SC(=O)NC1=O)Nc1ccc(Cl)cc1. The van der Waals surface area contributed by atoms with Gasteiger partial charge in [-0.05, 0) is 36.0 Å². The molecule has 1 saturated heterocycles. The van der Waals surface area contributed by atoms with Crippen molar-refractivity contribution in [3.63, 3.8) is 0 Å². The quantitative estimate of drug-likeness (QED) is 0.815. The molecule has 1 aliphatic heterocycles. The highest BCUT2D eigenvalue weighted by atomic mass is 35.5. The molecule has 0 radical (unpaired) electrons. The molecule has 0 bridgehead atoms. The van der Waals surface area contributed by atoms with Crippen molar-refractivity contribution in [3.05, 3.63) is 40.3 Å². The molecule has 1 aliphatic rings. The summed E-state index contributed by atoms with van der Waals surface area (Å²) in [6.07, 6.45) is 1.08. The van der Waals surface area contributed by atoms with Gasteiger partial charge in [0.2, 0.25) is 5.91 Å². The second kappa shape index (κ2) is 5.24. The Morgan fingerprint density at radius 1 is 1.28 bits per heavy atom. The lowest BCUT2D eigenvalue weighted by Gasteiger charge is -2.01. The number of nitrogens with one attached hydrogen (secondary N) is 2. The molecule has 0 unspecified atom stereocenters. The minimum Gasteiger partial charge on any atom is -0.322 e. The fourth-order valence-corrected chi connectivity index (χ4v) is 2.03. The van der Waals surface area contributed by atoms with Gasteiger partial charge >= 0.3 is 0 Å². The molecular formula is C11H7ClN2O3S. The Bertz CT molecular complexity index is 554. The first-order valence-electron chi connectivity index (χ1n) is 4.86. The van der Waals surface area contributed by atoms with E-state index in [9.17, 15) is 14.4 Å². The molecule has 0 aromatic heterocycles. The van der Waals surface area contributed by atoms with E-state index >= 15 is 0 Å². The summed E-state index contributed by atoms with van der Waals surface area (Å²) in [4.78, 5) is 33.7. The average Bonchev–Trinajstić information content (AvgIpc) is 2.61. The number of halogens is 1. The molecule has 0 saturated carbocycles. The van der Waals surface area contributed by atoms with Gasteiger partial charge in [0.25, 0.3) is 11.1 Å². The molecule has 18 heavy (non-hydrogen) atoms. The molecule has 0 aliphatic carbocycles. The standard InChI is InChI=1S/C11H7ClN2O3S/c12-6-1-3-7(4-2-6)13-9(15)5-8-10(16)14-11(17)18-8/h1-5H,(H,13,15)(H,14,16,17). The lowest BCUT2D eigenvalue weighted by atomic mass is 10.3. The van der Waals surface area contributed by atoms with Crippen molar-refractivity contribution < 1.29 is 14.4 Å². The highest BCUT2D eigenvalue weighted by Crippen LogP contribution is 2.23. The third-order valence-corrected chi connectivity index (χ3v) is 3.08. The lowest BCUT2D eigenvalue weighted by molar-refractivity contribution is -0.116. The molecule has 7 heteroatoms. The van der Waals surface area contributed by atoms with Gasteiger partial charge in [0, 0.05) is 16.8 Å². The number of rotatable bonds is 2. The van der Waals surface area contributed by atoms with Gasteiger partial charge in [-0.25, -0.2) is 0 Å².